The third-order valence-electron chi connectivity index (χ3n) is 4.04. The van der Waals surface area contributed by atoms with Crippen molar-refractivity contribution in [3.63, 3.8) is 0 Å². The number of hydrogen-bond acceptors (Lipinski definition) is 2. The van der Waals surface area contributed by atoms with Crippen molar-refractivity contribution >= 4 is 0 Å². The minimum absolute atomic E-state index is 0.633. The normalized spacial score (nSPS) is 31.8. The van der Waals surface area contributed by atoms with Crippen molar-refractivity contribution in [1.29, 1.82) is 0 Å². The van der Waals surface area contributed by atoms with Crippen LogP contribution in [0.4, 0.5) is 0 Å². The zero-order valence-electron chi connectivity index (χ0n) is 10.8. The summed E-state index contributed by atoms with van der Waals surface area (Å²) in [5.41, 5.74) is 1.45. The van der Waals surface area contributed by atoms with Crippen molar-refractivity contribution in [2.75, 3.05) is 13.1 Å². The first-order valence-corrected chi connectivity index (χ1v) is 6.76. The summed E-state index contributed by atoms with van der Waals surface area (Å²) in [6, 6.07) is 12.3. The molecule has 2 aliphatic rings. The molecular weight excluding hydrogens is 208 g/mol. The summed E-state index contributed by atoms with van der Waals surface area (Å²) in [5.74, 6) is 1.84. The number of nitrogens with zero attached hydrogens (tertiary/aromatic N) is 1. The van der Waals surface area contributed by atoms with Gasteiger partial charge in [0, 0.05) is 31.7 Å². The lowest BCUT2D eigenvalue weighted by Crippen LogP contribution is -2.34. The van der Waals surface area contributed by atoms with Gasteiger partial charge in [0.15, 0.2) is 0 Å². The molecule has 0 spiro atoms. The highest BCUT2D eigenvalue weighted by molar-refractivity contribution is 5.17. The summed E-state index contributed by atoms with van der Waals surface area (Å²) in [6.45, 7) is 8.18. The second kappa shape index (κ2) is 4.43. The van der Waals surface area contributed by atoms with Gasteiger partial charge < -0.3 is 5.32 Å². The van der Waals surface area contributed by atoms with E-state index in [2.05, 4.69) is 54.4 Å². The van der Waals surface area contributed by atoms with E-state index in [0.29, 0.717) is 6.04 Å². The van der Waals surface area contributed by atoms with Crippen molar-refractivity contribution < 1.29 is 0 Å². The number of piperidine rings is 1. The van der Waals surface area contributed by atoms with E-state index in [0.717, 1.165) is 24.4 Å². The van der Waals surface area contributed by atoms with Crippen LogP contribution in [0.15, 0.2) is 30.3 Å². The van der Waals surface area contributed by atoms with E-state index in [4.69, 9.17) is 0 Å². The van der Waals surface area contributed by atoms with E-state index in [1.165, 1.54) is 18.7 Å². The van der Waals surface area contributed by atoms with Crippen molar-refractivity contribution in [2.24, 2.45) is 11.8 Å². The van der Waals surface area contributed by atoms with Crippen LogP contribution in [0.2, 0.25) is 0 Å². The zero-order chi connectivity index (χ0) is 11.8. The lowest BCUT2D eigenvalue weighted by Gasteiger charge is -2.20. The van der Waals surface area contributed by atoms with Crippen molar-refractivity contribution in [3.8, 4) is 0 Å². The summed E-state index contributed by atoms with van der Waals surface area (Å²) in [5, 5.41) is 3.68. The zero-order valence-corrected chi connectivity index (χ0v) is 10.8. The molecule has 2 unspecified atom stereocenters. The van der Waals surface area contributed by atoms with E-state index in [1.54, 1.807) is 0 Å². The first-order chi connectivity index (χ1) is 8.24. The fourth-order valence-corrected chi connectivity index (χ4v) is 3.22. The Morgan fingerprint density at radius 2 is 1.82 bits per heavy atom. The van der Waals surface area contributed by atoms with Gasteiger partial charge in [-0.15, -0.1) is 0 Å². The number of likely N-dealkylation sites (tertiary alicyclic amines) is 1. The monoisotopic (exact) mass is 230 g/mol. The minimum Gasteiger partial charge on any atom is -0.311 e. The predicted octanol–water partition coefficient (Wildman–Crippen LogP) is 2.11. The van der Waals surface area contributed by atoms with Crippen molar-refractivity contribution in [3.05, 3.63) is 35.9 Å². The number of fused-ring (bicyclic) bond motifs is 1. The van der Waals surface area contributed by atoms with Crippen LogP contribution in [0.5, 0.6) is 0 Å². The van der Waals surface area contributed by atoms with Crippen LogP contribution in [0, 0.1) is 11.8 Å². The first-order valence-electron chi connectivity index (χ1n) is 6.76. The maximum atomic E-state index is 3.68. The summed E-state index contributed by atoms with van der Waals surface area (Å²) in [6.07, 6.45) is 0. The summed E-state index contributed by atoms with van der Waals surface area (Å²) >= 11 is 0. The van der Waals surface area contributed by atoms with Gasteiger partial charge in [-0.25, -0.2) is 0 Å². The van der Waals surface area contributed by atoms with E-state index in [1.807, 2.05) is 0 Å². The second-order valence-corrected chi connectivity index (χ2v) is 5.85. The van der Waals surface area contributed by atoms with Crippen LogP contribution < -0.4 is 5.32 Å². The molecule has 1 N–H and O–H groups in total. The minimum atomic E-state index is 0.633. The molecule has 1 aliphatic heterocycles. The van der Waals surface area contributed by atoms with Gasteiger partial charge in [0.1, 0.15) is 0 Å². The molecule has 2 heteroatoms. The van der Waals surface area contributed by atoms with E-state index >= 15 is 0 Å². The second-order valence-electron chi connectivity index (χ2n) is 5.85. The SMILES string of the molecule is CC(C)NC1C2CN(Cc3ccccc3)CC21. The molecule has 2 fully saturated rings. The highest BCUT2D eigenvalue weighted by Crippen LogP contribution is 2.45. The Bertz CT molecular complexity index is 362. The fourth-order valence-electron chi connectivity index (χ4n) is 3.22. The molecule has 0 radical (unpaired) electrons. The van der Waals surface area contributed by atoms with Crippen molar-refractivity contribution in [1.82, 2.24) is 10.2 Å². The molecule has 1 aromatic carbocycles. The molecule has 1 saturated heterocycles. The maximum absolute atomic E-state index is 3.68. The van der Waals surface area contributed by atoms with Crippen LogP contribution in [-0.4, -0.2) is 30.1 Å². The molecule has 0 amide bonds. The fraction of sp³-hybridized carbons (Fsp3) is 0.600. The average molecular weight is 230 g/mol. The number of hydrogen-bond donors (Lipinski definition) is 1. The average Bonchev–Trinajstić information content (AvgIpc) is 2.74. The Morgan fingerprint density at radius 1 is 1.18 bits per heavy atom. The number of rotatable bonds is 4. The van der Waals surface area contributed by atoms with E-state index in [9.17, 15) is 0 Å². The van der Waals surface area contributed by atoms with Crippen LogP contribution in [-0.2, 0) is 6.54 Å². The molecule has 1 aliphatic carbocycles. The van der Waals surface area contributed by atoms with E-state index < -0.39 is 0 Å². The molecule has 1 aromatic rings. The van der Waals surface area contributed by atoms with Gasteiger partial charge >= 0.3 is 0 Å². The molecule has 0 aromatic heterocycles. The highest BCUT2D eigenvalue weighted by atomic mass is 15.2. The Kier molecular flexibility index (Phi) is 2.93. The third kappa shape index (κ3) is 2.38. The third-order valence-corrected chi connectivity index (χ3v) is 4.04. The smallest absolute Gasteiger partial charge is 0.0233 e. The van der Waals surface area contributed by atoms with Gasteiger partial charge in [0.05, 0.1) is 0 Å². The van der Waals surface area contributed by atoms with Gasteiger partial charge in [-0.05, 0) is 17.4 Å². The Labute approximate surface area is 104 Å². The molecule has 17 heavy (non-hydrogen) atoms. The number of nitrogens with one attached hydrogen (secondary N) is 1. The van der Waals surface area contributed by atoms with Gasteiger partial charge in [-0.1, -0.05) is 44.2 Å². The standard InChI is InChI=1S/C15H22N2/c1-11(2)16-15-13-9-17(10-14(13)15)8-12-6-4-3-5-7-12/h3-7,11,13-16H,8-10H2,1-2H3. The summed E-state index contributed by atoms with van der Waals surface area (Å²) in [7, 11) is 0. The molecule has 1 heterocycles. The molecule has 1 saturated carbocycles. The molecule has 2 nitrogen and oxygen atoms in total. The van der Waals surface area contributed by atoms with Gasteiger partial charge in [0.2, 0.25) is 0 Å². The molecule has 92 valence electrons. The molecular formula is C15H22N2. The molecule has 3 rings (SSSR count). The first kappa shape index (κ1) is 11.2. The quantitative estimate of drug-likeness (QED) is 0.852. The number of benzene rings is 1. The largest absolute Gasteiger partial charge is 0.311 e. The molecule has 2 atom stereocenters. The van der Waals surface area contributed by atoms with Gasteiger partial charge in [0.25, 0.3) is 0 Å². The highest BCUT2D eigenvalue weighted by Gasteiger charge is 2.55. The van der Waals surface area contributed by atoms with E-state index in [-0.39, 0.29) is 0 Å². The van der Waals surface area contributed by atoms with Crippen molar-refractivity contribution in [2.45, 2.75) is 32.5 Å². The predicted molar refractivity (Wildman–Crippen MR) is 70.8 cm³/mol. The van der Waals surface area contributed by atoms with Crippen LogP contribution >= 0.6 is 0 Å². The Morgan fingerprint density at radius 3 is 2.41 bits per heavy atom. The lowest BCUT2D eigenvalue weighted by atomic mass is 10.2. The topological polar surface area (TPSA) is 15.3 Å². The lowest BCUT2D eigenvalue weighted by molar-refractivity contribution is 0.279. The maximum Gasteiger partial charge on any atom is 0.0233 e. The Hall–Kier alpha value is -0.860. The summed E-state index contributed by atoms with van der Waals surface area (Å²) < 4.78 is 0. The van der Waals surface area contributed by atoms with Crippen LogP contribution in [0.3, 0.4) is 0 Å². The van der Waals surface area contributed by atoms with Crippen LogP contribution in [0.1, 0.15) is 19.4 Å². The van der Waals surface area contributed by atoms with Crippen LogP contribution in [0.25, 0.3) is 0 Å². The Balaban J connectivity index is 1.49. The summed E-state index contributed by atoms with van der Waals surface area (Å²) in [4.78, 5) is 2.60. The van der Waals surface area contributed by atoms with Gasteiger partial charge in [-0.2, -0.15) is 0 Å². The molecule has 0 bridgehead atoms. The van der Waals surface area contributed by atoms with Gasteiger partial charge in [-0.3, -0.25) is 4.90 Å².